The van der Waals surface area contributed by atoms with Gasteiger partial charge < -0.3 is 10.0 Å². The number of hydrogen-bond acceptors (Lipinski definition) is 4. The lowest BCUT2D eigenvalue weighted by molar-refractivity contribution is -0.144. The van der Waals surface area contributed by atoms with E-state index >= 15 is 0 Å². The summed E-state index contributed by atoms with van der Waals surface area (Å²) in [5.41, 5.74) is 0.283. The molecule has 1 aliphatic heterocycles. The lowest BCUT2D eigenvalue weighted by atomic mass is 9.99. The second-order valence-electron chi connectivity index (χ2n) is 5.52. The van der Waals surface area contributed by atoms with Gasteiger partial charge in [0.2, 0.25) is 5.82 Å². The molecule has 1 saturated heterocycles. The van der Waals surface area contributed by atoms with Crippen molar-refractivity contribution < 1.29 is 18.3 Å². The minimum atomic E-state index is -4.58. The van der Waals surface area contributed by atoms with E-state index in [0.29, 0.717) is 24.3 Å². The van der Waals surface area contributed by atoms with Gasteiger partial charge in [0.05, 0.1) is 5.52 Å². The molecule has 0 saturated carbocycles. The summed E-state index contributed by atoms with van der Waals surface area (Å²) in [6.07, 6.45) is -2.88. The average molecular weight is 311 g/mol. The van der Waals surface area contributed by atoms with Crippen molar-refractivity contribution in [3.63, 3.8) is 0 Å². The molecule has 1 unspecified atom stereocenters. The number of halogens is 3. The first-order valence-corrected chi connectivity index (χ1v) is 7.19. The van der Waals surface area contributed by atoms with Gasteiger partial charge in [-0.1, -0.05) is 12.1 Å². The van der Waals surface area contributed by atoms with Crippen LogP contribution in [0.15, 0.2) is 24.3 Å². The number of piperidine rings is 1. The Morgan fingerprint density at radius 1 is 1.23 bits per heavy atom. The van der Waals surface area contributed by atoms with Crippen molar-refractivity contribution in [2.45, 2.75) is 19.0 Å². The molecule has 0 amide bonds. The molecule has 2 heterocycles. The van der Waals surface area contributed by atoms with Crippen molar-refractivity contribution in [2.75, 3.05) is 24.6 Å². The largest absolute Gasteiger partial charge is 0.451 e. The fourth-order valence-corrected chi connectivity index (χ4v) is 2.83. The lowest BCUT2D eigenvalue weighted by Gasteiger charge is -2.33. The maximum atomic E-state index is 13.0. The van der Waals surface area contributed by atoms with Gasteiger partial charge in [0.1, 0.15) is 5.82 Å². The molecule has 118 valence electrons. The highest BCUT2D eigenvalue weighted by Crippen LogP contribution is 2.33. The minimum absolute atomic E-state index is 0.0334. The third kappa shape index (κ3) is 2.85. The van der Waals surface area contributed by atoms with Gasteiger partial charge in [-0.2, -0.15) is 13.2 Å². The van der Waals surface area contributed by atoms with Crippen LogP contribution in [0.3, 0.4) is 0 Å². The standard InChI is InChI=1S/C15H16F3N3O/c16-15(17,18)14-19-12-6-2-1-5-11(12)13(20-14)21-7-3-4-10(8-21)9-22/h1-2,5-6,10,22H,3-4,7-9H2. The number of fused-ring (bicyclic) bond motifs is 1. The number of hydrogen-bond donors (Lipinski definition) is 1. The van der Waals surface area contributed by atoms with Crippen molar-refractivity contribution in [2.24, 2.45) is 5.92 Å². The Balaban J connectivity index is 2.10. The summed E-state index contributed by atoms with van der Waals surface area (Å²) >= 11 is 0. The van der Waals surface area contributed by atoms with Crippen LogP contribution in [-0.2, 0) is 6.18 Å². The quantitative estimate of drug-likeness (QED) is 0.926. The van der Waals surface area contributed by atoms with Gasteiger partial charge >= 0.3 is 6.18 Å². The van der Waals surface area contributed by atoms with Crippen LogP contribution >= 0.6 is 0 Å². The van der Waals surface area contributed by atoms with Gasteiger partial charge in [0.25, 0.3) is 0 Å². The van der Waals surface area contributed by atoms with Crippen LogP contribution < -0.4 is 4.90 Å². The fourth-order valence-electron chi connectivity index (χ4n) is 2.83. The van der Waals surface area contributed by atoms with E-state index in [9.17, 15) is 18.3 Å². The number of para-hydroxylation sites is 1. The van der Waals surface area contributed by atoms with Crippen LogP contribution in [0.25, 0.3) is 10.9 Å². The molecule has 7 heteroatoms. The van der Waals surface area contributed by atoms with E-state index in [1.54, 1.807) is 24.3 Å². The lowest BCUT2D eigenvalue weighted by Crippen LogP contribution is -2.37. The molecule has 3 rings (SSSR count). The van der Waals surface area contributed by atoms with Crippen LogP contribution in [0.5, 0.6) is 0 Å². The highest BCUT2D eigenvalue weighted by atomic mass is 19.4. The Bertz CT molecular complexity index is 675. The van der Waals surface area contributed by atoms with Crippen LogP contribution in [0, 0.1) is 5.92 Å². The smallest absolute Gasteiger partial charge is 0.396 e. The molecule has 1 aliphatic rings. The van der Waals surface area contributed by atoms with Crippen LogP contribution in [-0.4, -0.2) is 34.8 Å². The van der Waals surface area contributed by atoms with Gasteiger partial charge in [-0.3, -0.25) is 0 Å². The molecular weight excluding hydrogens is 295 g/mol. The number of anilines is 1. The highest BCUT2D eigenvalue weighted by Gasteiger charge is 2.36. The van der Waals surface area contributed by atoms with Gasteiger partial charge in [-0.15, -0.1) is 0 Å². The predicted molar refractivity (Wildman–Crippen MR) is 76.6 cm³/mol. The Morgan fingerprint density at radius 3 is 2.73 bits per heavy atom. The molecule has 1 N–H and O–H groups in total. The Hall–Kier alpha value is -1.89. The Morgan fingerprint density at radius 2 is 2.00 bits per heavy atom. The summed E-state index contributed by atoms with van der Waals surface area (Å²) in [5, 5.41) is 9.92. The third-order valence-corrected chi connectivity index (χ3v) is 3.91. The first-order valence-electron chi connectivity index (χ1n) is 7.19. The molecule has 1 aromatic heterocycles. The van der Waals surface area contributed by atoms with Gasteiger partial charge in [0, 0.05) is 25.1 Å². The normalized spacial score (nSPS) is 19.6. The van der Waals surface area contributed by atoms with E-state index in [2.05, 4.69) is 9.97 Å². The molecule has 0 radical (unpaired) electrons. The van der Waals surface area contributed by atoms with E-state index in [-0.39, 0.29) is 18.0 Å². The summed E-state index contributed by atoms with van der Waals surface area (Å²) in [7, 11) is 0. The van der Waals surface area contributed by atoms with Gasteiger partial charge in [-0.25, -0.2) is 9.97 Å². The average Bonchev–Trinajstić information content (AvgIpc) is 2.53. The zero-order valence-corrected chi connectivity index (χ0v) is 11.8. The van der Waals surface area contributed by atoms with Crippen LogP contribution in [0.4, 0.5) is 19.0 Å². The van der Waals surface area contributed by atoms with E-state index < -0.39 is 12.0 Å². The molecule has 0 spiro atoms. The second-order valence-corrected chi connectivity index (χ2v) is 5.52. The summed E-state index contributed by atoms with van der Waals surface area (Å²) in [5.74, 6) is -0.750. The monoisotopic (exact) mass is 311 g/mol. The molecule has 0 aliphatic carbocycles. The first-order chi connectivity index (χ1) is 10.5. The van der Waals surface area contributed by atoms with E-state index in [1.165, 1.54) is 0 Å². The minimum Gasteiger partial charge on any atom is -0.396 e. The second kappa shape index (κ2) is 5.72. The van der Waals surface area contributed by atoms with Crippen molar-refractivity contribution >= 4 is 16.7 Å². The number of rotatable bonds is 2. The third-order valence-electron chi connectivity index (χ3n) is 3.91. The number of alkyl halides is 3. The maximum absolute atomic E-state index is 13.0. The fraction of sp³-hybridized carbons (Fsp3) is 0.467. The van der Waals surface area contributed by atoms with Crippen molar-refractivity contribution in [1.82, 2.24) is 9.97 Å². The summed E-state index contributed by atoms with van der Waals surface area (Å²) in [6.45, 7) is 1.18. The summed E-state index contributed by atoms with van der Waals surface area (Å²) < 4.78 is 39.1. The van der Waals surface area contributed by atoms with E-state index in [0.717, 1.165) is 12.8 Å². The molecule has 1 aromatic carbocycles. The van der Waals surface area contributed by atoms with Crippen molar-refractivity contribution in [1.29, 1.82) is 0 Å². The van der Waals surface area contributed by atoms with E-state index in [1.807, 2.05) is 4.90 Å². The van der Waals surface area contributed by atoms with Crippen LogP contribution in [0.1, 0.15) is 18.7 Å². The van der Waals surface area contributed by atoms with Crippen molar-refractivity contribution in [3.8, 4) is 0 Å². The number of aliphatic hydroxyl groups excluding tert-OH is 1. The highest BCUT2D eigenvalue weighted by molar-refractivity contribution is 5.89. The zero-order chi connectivity index (χ0) is 15.7. The molecule has 4 nitrogen and oxygen atoms in total. The molecule has 22 heavy (non-hydrogen) atoms. The maximum Gasteiger partial charge on any atom is 0.451 e. The molecule has 2 aromatic rings. The number of aliphatic hydroxyl groups is 1. The topological polar surface area (TPSA) is 49.2 Å². The van der Waals surface area contributed by atoms with Crippen molar-refractivity contribution in [3.05, 3.63) is 30.1 Å². The SMILES string of the molecule is OCC1CCCN(c2nc(C(F)(F)F)nc3ccccc23)C1. The summed E-state index contributed by atoms with van der Waals surface area (Å²) in [4.78, 5) is 9.22. The predicted octanol–water partition coefficient (Wildman–Crippen LogP) is 2.86. The van der Waals surface area contributed by atoms with Crippen LogP contribution in [0.2, 0.25) is 0 Å². The summed E-state index contributed by atoms with van der Waals surface area (Å²) in [6, 6.07) is 6.71. The molecule has 0 bridgehead atoms. The molecular formula is C15H16F3N3O. The number of aromatic nitrogens is 2. The Kier molecular flexibility index (Phi) is 3.90. The first kappa shape index (κ1) is 15.0. The van der Waals surface area contributed by atoms with Gasteiger partial charge in [0.15, 0.2) is 0 Å². The van der Waals surface area contributed by atoms with Gasteiger partial charge in [-0.05, 0) is 30.9 Å². The molecule has 1 atom stereocenters. The van der Waals surface area contributed by atoms with E-state index in [4.69, 9.17) is 0 Å². The number of nitrogens with zero attached hydrogens (tertiary/aromatic N) is 3. The molecule has 1 fully saturated rings. The zero-order valence-electron chi connectivity index (χ0n) is 11.8. The number of benzene rings is 1. The Labute approximate surface area is 125 Å².